The van der Waals surface area contributed by atoms with Crippen molar-refractivity contribution in [3.05, 3.63) is 12.7 Å². The van der Waals surface area contributed by atoms with Crippen LogP contribution in [0.1, 0.15) is 32.6 Å². The lowest BCUT2D eigenvalue weighted by atomic mass is 9.92. The van der Waals surface area contributed by atoms with Gasteiger partial charge in [0, 0.05) is 12.6 Å². The van der Waals surface area contributed by atoms with Crippen LogP contribution in [0, 0.1) is 0 Å². The summed E-state index contributed by atoms with van der Waals surface area (Å²) in [6.07, 6.45) is 6.15. The average molecular weight is 183 g/mol. The Balaban J connectivity index is 2.36. The second-order valence-corrected chi connectivity index (χ2v) is 3.84. The van der Waals surface area contributed by atoms with Gasteiger partial charge in [0.2, 0.25) is 0 Å². The summed E-state index contributed by atoms with van der Waals surface area (Å²) in [5, 5.41) is 9.37. The summed E-state index contributed by atoms with van der Waals surface area (Å²) in [5.41, 5.74) is 0. The smallest absolute Gasteiger partial charge is 0.0541 e. The van der Waals surface area contributed by atoms with Crippen LogP contribution < -0.4 is 0 Å². The molecule has 0 radical (unpaired) electrons. The molecule has 1 rings (SSSR count). The zero-order chi connectivity index (χ0) is 9.68. The molecule has 2 heteroatoms. The Bertz CT molecular complexity index is 150. The topological polar surface area (TPSA) is 23.5 Å². The van der Waals surface area contributed by atoms with Crippen molar-refractivity contribution in [1.82, 2.24) is 4.90 Å². The van der Waals surface area contributed by atoms with E-state index in [1.165, 1.54) is 0 Å². The van der Waals surface area contributed by atoms with E-state index in [1.807, 2.05) is 6.08 Å². The van der Waals surface area contributed by atoms with E-state index in [-0.39, 0.29) is 6.10 Å². The first-order valence-electron chi connectivity index (χ1n) is 5.31. The Kier molecular flexibility index (Phi) is 4.46. The van der Waals surface area contributed by atoms with E-state index in [0.29, 0.717) is 6.04 Å². The van der Waals surface area contributed by atoms with Crippen molar-refractivity contribution in [3.63, 3.8) is 0 Å². The van der Waals surface area contributed by atoms with Gasteiger partial charge in [-0.25, -0.2) is 0 Å². The maximum atomic E-state index is 9.37. The number of aliphatic hydroxyl groups is 1. The third kappa shape index (κ3) is 3.12. The van der Waals surface area contributed by atoms with E-state index >= 15 is 0 Å². The standard InChI is InChI=1S/C11H21NO/c1-3-9-12(4-2)10-5-7-11(13)8-6-10/h3,10-11,13H,1,4-9H2,2H3/t10-,11-. The Labute approximate surface area is 81.2 Å². The van der Waals surface area contributed by atoms with E-state index in [9.17, 15) is 5.11 Å². The van der Waals surface area contributed by atoms with Crippen LogP contribution in [-0.2, 0) is 0 Å². The SMILES string of the molecule is C=CCN(CC)[C@H]1CC[C@H](O)CC1. The van der Waals surface area contributed by atoms with Crippen molar-refractivity contribution >= 4 is 0 Å². The Morgan fingerprint density at radius 3 is 2.46 bits per heavy atom. The van der Waals surface area contributed by atoms with Crippen LogP contribution >= 0.6 is 0 Å². The van der Waals surface area contributed by atoms with Gasteiger partial charge in [-0.05, 0) is 32.2 Å². The number of hydrogen-bond acceptors (Lipinski definition) is 2. The first-order valence-corrected chi connectivity index (χ1v) is 5.31. The number of aliphatic hydroxyl groups excluding tert-OH is 1. The fourth-order valence-electron chi connectivity index (χ4n) is 2.13. The first kappa shape index (κ1) is 10.7. The van der Waals surface area contributed by atoms with E-state index in [4.69, 9.17) is 0 Å². The first-order chi connectivity index (χ1) is 6.27. The summed E-state index contributed by atoms with van der Waals surface area (Å²) in [7, 11) is 0. The molecule has 0 unspecified atom stereocenters. The number of nitrogens with zero attached hydrogens (tertiary/aromatic N) is 1. The average Bonchev–Trinajstić information content (AvgIpc) is 2.16. The van der Waals surface area contributed by atoms with Crippen molar-refractivity contribution in [2.24, 2.45) is 0 Å². The van der Waals surface area contributed by atoms with Gasteiger partial charge in [-0.2, -0.15) is 0 Å². The molecule has 0 bridgehead atoms. The lowest BCUT2D eigenvalue weighted by Gasteiger charge is -2.34. The quantitative estimate of drug-likeness (QED) is 0.672. The van der Waals surface area contributed by atoms with Crippen LogP contribution in [0.25, 0.3) is 0 Å². The van der Waals surface area contributed by atoms with Gasteiger partial charge in [0.05, 0.1) is 6.10 Å². The number of hydrogen-bond donors (Lipinski definition) is 1. The molecule has 0 aromatic heterocycles. The third-order valence-electron chi connectivity index (χ3n) is 2.95. The van der Waals surface area contributed by atoms with Crippen LogP contribution in [0.2, 0.25) is 0 Å². The monoisotopic (exact) mass is 183 g/mol. The van der Waals surface area contributed by atoms with Gasteiger partial charge in [0.25, 0.3) is 0 Å². The van der Waals surface area contributed by atoms with Gasteiger partial charge in [0.1, 0.15) is 0 Å². The second-order valence-electron chi connectivity index (χ2n) is 3.84. The molecule has 1 aliphatic carbocycles. The summed E-state index contributed by atoms with van der Waals surface area (Å²) >= 11 is 0. The molecule has 0 spiro atoms. The molecule has 0 aromatic rings. The van der Waals surface area contributed by atoms with Crippen molar-refractivity contribution in [3.8, 4) is 0 Å². The van der Waals surface area contributed by atoms with Crippen LogP contribution in [0.3, 0.4) is 0 Å². The molecule has 0 aromatic carbocycles. The maximum absolute atomic E-state index is 9.37. The lowest BCUT2D eigenvalue weighted by Crippen LogP contribution is -2.38. The molecular formula is C11H21NO. The molecule has 0 heterocycles. The minimum absolute atomic E-state index is 0.0429. The predicted octanol–water partition coefficient (Wildman–Crippen LogP) is 1.80. The molecule has 76 valence electrons. The number of likely N-dealkylation sites (N-methyl/N-ethyl adjacent to an activating group) is 1. The molecule has 2 nitrogen and oxygen atoms in total. The van der Waals surface area contributed by atoms with Crippen LogP contribution in [0.5, 0.6) is 0 Å². The van der Waals surface area contributed by atoms with E-state index < -0.39 is 0 Å². The third-order valence-corrected chi connectivity index (χ3v) is 2.95. The highest BCUT2D eigenvalue weighted by atomic mass is 16.3. The second kappa shape index (κ2) is 5.40. The molecule has 0 aliphatic heterocycles. The van der Waals surface area contributed by atoms with Crippen LogP contribution in [-0.4, -0.2) is 35.2 Å². The van der Waals surface area contributed by atoms with Gasteiger partial charge >= 0.3 is 0 Å². The highest BCUT2D eigenvalue weighted by molar-refractivity contribution is 4.82. The summed E-state index contributed by atoms with van der Waals surface area (Å²) in [6.45, 7) is 8.03. The van der Waals surface area contributed by atoms with Gasteiger partial charge in [-0.3, -0.25) is 4.90 Å². The molecule has 1 N–H and O–H groups in total. The van der Waals surface area contributed by atoms with Gasteiger partial charge in [0.15, 0.2) is 0 Å². The van der Waals surface area contributed by atoms with E-state index in [2.05, 4.69) is 18.4 Å². The Morgan fingerprint density at radius 2 is 2.00 bits per heavy atom. The predicted molar refractivity (Wildman–Crippen MR) is 55.7 cm³/mol. The summed E-state index contributed by atoms with van der Waals surface area (Å²) in [6, 6.07) is 0.673. The van der Waals surface area contributed by atoms with Gasteiger partial charge in [-0.1, -0.05) is 13.0 Å². The molecule has 1 saturated carbocycles. The highest BCUT2D eigenvalue weighted by Gasteiger charge is 2.22. The van der Waals surface area contributed by atoms with E-state index in [1.54, 1.807) is 0 Å². The van der Waals surface area contributed by atoms with Crippen LogP contribution in [0.4, 0.5) is 0 Å². The molecule has 13 heavy (non-hydrogen) atoms. The summed E-state index contributed by atoms with van der Waals surface area (Å²) < 4.78 is 0. The molecule has 1 fully saturated rings. The fraction of sp³-hybridized carbons (Fsp3) is 0.818. The minimum Gasteiger partial charge on any atom is -0.393 e. The minimum atomic E-state index is -0.0429. The van der Waals surface area contributed by atoms with Gasteiger partial charge in [-0.15, -0.1) is 6.58 Å². The van der Waals surface area contributed by atoms with Crippen molar-refractivity contribution < 1.29 is 5.11 Å². The Morgan fingerprint density at radius 1 is 1.38 bits per heavy atom. The zero-order valence-electron chi connectivity index (χ0n) is 8.58. The number of rotatable bonds is 4. The van der Waals surface area contributed by atoms with Crippen molar-refractivity contribution in [1.29, 1.82) is 0 Å². The normalized spacial score (nSPS) is 29.2. The lowest BCUT2D eigenvalue weighted by molar-refractivity contribution is 0.0808. The summed E-state index contributed by atoms with van der Waals surface area (Å²) in [5.74, 6) is 0. The van der Waals surface area contributed by atoms with Gasteiger partial charge < -0.3 is 5.11 Å². The van der Waals surface area contributed by atoms with Crippen LogP contribution in [0.15, 0.2) is 12.7 Å². The Hall–Kier alpha value is -0.340. The summed E-state index contributed by atoms with van der Waals surface area (Å²) in [4.78, 5) is 2.44. The largest absolute Gasteiger partial charge is 0.393 e. The van der Waals surface area contributed by atoms with Crippen molar-refractivity contribution in [2.45, 2.75) is 44.8 Å². The van der Waals surface area contributed by atoms with Crippen molar-refractivity contribution in [2.75, 3.05) is 13.1 Å². The fourth-order valence-corrected chi connectivity index (χ4v) is 2.13. The molecule has 0 atom stereocenters. The molecule has 0 saturated heterocycles. The molecule has 1 aliphatic rings. The highest BCUT2D eigenvalue weighted by Crippen LogP contribution is 2.22. The molecule has 0 amide bonds. The molecular weight excluding hydrogens is 162 g/mol. The van der Waals surface area contributed by atoms with E-state index in [0.717, 1.165) is 38.8 Å². The zero-order valence-corrected chi connectivity index (χ0v) is 8.58. The maximum Gasteiger partial charge on any atom is 0.0541 e.